The molecule has 0 fully saturated rings. The molecule has 29 heavy (non-hydrogen) atoms. The van der Waals surface area contributed by atoms with E-state index in [4.69, 9.17) is 19.5 Å². The third kappa shape index (κ3) is 20.3. The van der Waals surface area contributed by atoms with Gasteiger partial charge in [-0.25, -0.2) is 4.79 Å². The molecular weight excluding hydrogens is 376 g/mol. The summed E-state index contributed by atoms with van der Waals surface area (Å²) < 4.78 is 11.2. The van der Waals surface area contributed by atoms with Gasteiger partial charge in [-0.05, 0) is 38.5 Å². The summed E-state index contributed by atoms with van der Waals surface area (Å²) in [4.78, 5) is 31.2. The minimum Gasteiger partial charge on any atom is -0.481 e. The van der Waals surface area contributed by atoms with Crippen LogP contribution in [0.5, 0.6) is 0 Å². The van der Waals surface area contributed by atoms with Crippen molar-refractivity contribution in [3.63, 3.8) is 0 Å². The average molecular weight is 411 g/mol. The third-order valence-corrected chi connectivity index (χ3v) is 3.55. The summed E-state index contributed by atoms with van der Waals surface area (Å²) in [6.07, 6.45) is 16.2. The summed E-state index contributed by atoms with van der Waals surface area (Å²) >= 11 is 0. The summed E-state index contributed by atoms with van der Waals surface area (Å²) in [6.45, 7) is 7.91. The lowest BCUT2D eigenvalue weighted by molar-refractivity contribution is -0.304. The van der Waals surface area contributed by atoms with Crippen molar-refractivity contribution >= 4 is 11.9 Å². The number of aliphatic carboxylic acids is 1. The number of hydrogen-bond acceptors (Lipinski definition) is 6. The highest BCUT2D eigenvalue weighted by Gasteiger charge is 2.12. The molecule has 0 aromatic carbocycles. The topological polar surface area (TPSA) is 91.3 Å². The molecule has 7 heteroatoms. The van der Waals surface area contributed by atoms with Crippen molar-refractivity contribution in [2.24, 2.45) is 0 Å². The number of carboxylic acid groups (broad SMARTS) is 1. The Morgan fingerprint density at radius 3 is 1.86 bits per heavy atom. The van der Waals surface area contributed by atoms with E-state index in [1.165, 1.54) is 0 Å². The molecule has 0 rings (SSSR count). The molecule has 0 aliphatic heterocycles. The zero-order valence-electron chi connectivity index (χ0n) is 17.1. The Kier molecular flexibility index (Phi) is 18.9. The molecule has 0 bridgehead atoms. The Hall–Kier alpha value is -2.22. The van der Waals surface area contributed by atoms with Gasteiger partial charge in [0, 0.05) is 0 Å². The summed E-state index contributed by atoms with van der Waals surface area (Å²) in [7, 11) is 0. The van der Waals surface area contributed by atoms with Crippen LogP contribution in [0.2, 0.25) is 0 Å². The van der Waals surface area contributed by atoms with Crippen LogP contribution in [0, 0.1) is 0 Å². The highest BCUT2D eigenvalue weighted by atomic mass is 17.2. The molecule has 0 atom stereocenters. The molecule has 0 aromatic heterocycles. The molecule has 0 aromatic rings. The van der Waals surface area contributed by atoms with Gasteiger partial charge in [-0.3, -0.25) is 9.68 Å². The Bertz CT molecular complexity index is 483. The maximum Gasteiger partial charge on any atom is 0.342 e. The van der Waals surface area contributed by atoms with Gasteiger partial charge in [0.05, 0.1) is 26.1 Å². The smallest absolute Gasteiger partial charge is 0.342 e. The standard InChI is InChI=1S/C22H34O7/c1-3-5-7-9-11-13-17-26-22(27-18-14-12-10-8-6-4-2)19-28-29-21(25)16-15-20(23)24/h3-4,11-14,22H,1-2,5-10,15-19H2,(H,23,24). The first-order valence-corrected chi connectivity index (χ1v) is 9.89. The van der Waals surface area contributed by atoms with Gasteiger partial charge in [-0.1, -0.05) is 36.5 Å². The lowest BCUT2D eigenvalue weighted by Crippen LogP contribution is -2.25. The first kappa shape index (κ1) is 26.8. The van der Waals surface area contributed by atoms with Crippen LogP contribution in [0.1, 0.15) is 51.4 Å². The lowest BCUT2D eigenvalue weighted by Gasteiger charge is -2.16. The first-order valence-electron chi connectivity index (χ1n) is 9.89. The molecule has 0 aliphatic rings. The molecule has 0 radical (unpaired) electrons. The second kappa shape index (κ2) is 20.5. The second-order valence-electron chi connectivity index (χ2n) is 6.11. The van der Waals surface area contributed by atoms with Crippen LogP contribution in [0.4, 0.5) is 0 Å². The molecule has 0 saturated heterocycles. The number of hydrogen-bond donors (Lipinski definition) is 1. The van der Waals surface area contributed by atoms with Gasteiger partial charge in [0.15, 0.2) is 6.29 Å². The summed E-state index contributed by atoms with van der Waals surface area (Å²) in [5, 5.41) is 8.54. The van der Waals surface area contributed by atoms with E-state index < -0.39 is 18.2 Å². The molecule has 0 aliphatic carbocycles. The van der Waals surface area contributed by atoms with Gasteiger partial charge in [-0.2, -0.15) is 4.89 Å². The average Bonchev–Trinajstić information content (AvgIpc) is 2.70. The molecular formula is C22H34O7. The molecule has 7 nitrogen and oxygen atoms in total. The molecule has 1 N–H and O–H groups in total. The van der Waals surface area contributed by atoms with Crippen LogP contribution < -0.4 is 0 Å². The summed E-state index contributed by atoms with van der Waals surface area (Å²) in [6, 6.07) is 0. The Morgan fingerprint density at radius 2 is 1.38 bits per heavy atom. The van der Waals surface area contributed by atoms with Crippen LogP contribution in [0.25, 0.3) is 0 Å². The van der Waals surface area contributed by atoms with Crippen molar-refractivity contribution < 1.29 is 33.9 Å². The fourth-order valence-electron chi connectivity index (χ4n) is 2.01. The number of unbranched alkanes of at least 4 members (excludes halogenated alkanes) is 4. The van der Waals surface area contributed by atoms with E-state index in [2.05, 4.69) is 18.0 Å². The number of ether oxygens (including phenoxy) is 2. The molecule has 0 amide bonds. The predicted octanol–water partition coefficient (Wildman–Crippen LogP) is 4.51. The number of carboxylic acids is 1. The zero-order valence-corrected chi connectivity index (χ0v) is 17.1. The van der Waals surface area contributed by atoms with Gasteiger partial charge in [0.2, 0.25) is 0 Å². The highest BCUT2D eigenvalue weighted by Crippen LogP contribution is 2.03. The monoisotopic (exact) mass is 410 g/mol. The van der Waals surface area contributed by atoms with Gasteiger partial charge >= 0.3 is 11.9 Å². The first-order chi connectivity index (χ1) is 14.1. The van der Waals surface area contributed by atoms with E-state index in [-0.39, 0.29) is 19.4 Å². The Balaban J connectivity index is 4.21. The zero-order chi connectivity index (χ0) is 21.6. The van der Waals surface area contributed by atoms with Crippen molar-refractivity contribution in [1.29, 1.82) is 0 Å². The third-order valence-electron chi connectivity index (χ3n) is 3.55. The fourth-order valence-corrected chi connectivity index (χ4v) is 2.01. The van der Waals surface area contributed by atoms with E-state index in [1.54, 1.807) is 0 Å². The summed E-state index contributed by atoms with van der Waals surface area (Å²) in [5.41, 5.74) is 0. The van der Waals surface area contributed by atoms with Gasteiger partial charge in [0.25, 0.3) is 0 Å². The quantitative estimate of drug-likeness (QED) is 0.104. The predicted molar refractivity (Wildman–Crippen MR) is 111 cm³/mol. The van der Waals surface area contributed by atoms with Crippen molar-refractivity contribution in [2.75, 3.05) is 19.8 Å². The van der Waals surface area contributed by atoms with E-state index in [0.29, 0.717) is 13.2 Å². The number of carbonyl (C=O) groups is 2. The lowest BCUT2D eigenvalue weighted by atomic mass is 10.2. The molecule has 0 spiro atoms. The fraction of sp³-hybridized carbons (Fsp3) is 0.545. The molecule has 164 valence electrons. The second-order valence-corrected chi connectivity index (χ2v) is 6.11. The summed E-state index contributed by atoms with van der Waals surface area (Å²) in [5.74, 6) is -1.83. The van der Waals surface area contributed by atoms with Crippen molar-refractivity contribution in [2.45, 2.75) is 57.7 Å². The van der Waals surface area contributed by atoms with Crippen molar-refractivity contribution in [1.82, 2.24) is 0 Å². The number of allylic oxidation sites excluding steroid dienone is 4. The van der Waals surface area contributed by atoms with E-state index in [1.807, 2.05) is 36.5 Å². The minimum absolute atomic E-state index is 0.118. The van der Waals surface area contributed by atoms with E-state index >= 15 is 0 Å². The van der Waals surface area contributed by atoms with Crippen molar-refractivity contribution in [3.8, 4) is 0 Å². The SMILES string of the molecule is C=CCCCC=CCOC(COOC(=O)CCC(=O)O)OCC=CCCCC=C. The van der Waals surface area contributed by atoms with Crippen LogP contribution in [0.3, 0.4) is 0 Å². The number of rotatable bonds is 20. The molecule has 0 heterocycles. The van der Waals surface area contributed by atoms with Gasteiger partial charge < -0.3 is 14.6 Å². The maximum absolute atomic E-state index is 11.4. The largest absolute Gasteiger partial charge is 0.481 e. The molecule has 0 saturated carbocycles. The van der Waals surface area contributed by atoms with Gasteiger partial charge in [-0.15, -0.1) is 13.2 Å². The van der Waals surface area contributed by atoms with Crippen molar-refractivity contribution in [3.05, 3.63) is 49.6 Å². The highest BCUT2D eigenvalue weighted by molar-refractivity contribution is 5.76. The number of carbonyl (C=O) groups excluding carboxylic acids is 1. The van der Waals surface area contributed by atoms with E-state index in [9.17, 15) is 9.59 Å². The molecule has 0 unspecified atom stereocenters. The van der Waals surface area contributed by atoms with Crippen LogP contribution in [0.15, 0.2) is 49.6 Å². The minimum atomic E-state index is -1.08. The Morgan fingerprint density at radius 1 is 0.828 bits per heavy atom. The van der Waals surface area contributed by atoms with E-state index in [0.717, 1.165) is 38.5 Å². The Labute approximate surface area is 173 Å². The maximum atomic E-state index is 11.4. The van der Waals surface area contributed by atoms with Crippen LogP contribution in [-0.4, -0.2) is 43.2 Å². The van der Waals surface area contributed by atoms with Crippen LogP contribution >= 0.6 is 0 Å². The normalized spacial score (nSPS) is 12.3. The van der Waals surface area contributed by atoms with Crippen LogP contribution in [-0.2, 0) is 28.8 Å². The van der Waals surface area contributed by atoms with Gasteiger partial charge in [0.1, 0.15) is 6.61 Å².